The van der Waals surface area contributed by atoms with E-state index in [2.05, 4.69) is 0 Å². The topological polar surface area (TPSA) is 74.6 Å². The van der Waals surface area contributed by atoms with Gasteiger partial charge in [0.15, 0.2) is 9.84 Å². The number of rotatable bonds is 1. The third-order valence-electron chi connectivity index (χ3n) is 2.42. The van der Waals surface area contributed by atoms with Crippen LogP contribution in [0.3, 0.4) is 0 Å². The Morgan fingerprint density at radius 1 is 1.50 bits per heavy atom. The predicted molar refractivity (Wildman–Crippen MR) is 44.5 cm³/mol. The molecule has 1 aliphatic rings. The molecule has 1 heterocycles. The molecular weight excluding hydrogens is 179 g/mol. The van der Waals surface area contributed by atoms with Crippen LogP contribution in [-0.4, -0.2) is 49.6 Å². The van der Waals surface area contributed by atoms with E-state index in [-0.39, 0.29) is 0 Å². The first-order valence-corrected chi connectivity index (χ1v) is 5.31. The summed E-state index contributed by atoms with van der Waals surface area (Å²) < 4.78 is 22.6. The minimum absolute atomic E-state index is 0.507. The van der Waals surface area contributed by atoms with Gasteiger partial charge in [0.1, 0.15) is 5.25 Å². The van der Waals surface area contributed by atoms with Crippen LogP contribution in [0.1, 0.15) is 6.92 Å². The largest absolute Gasteiger partial charge is 0.395 e. The van der Waals surface area contributed by atoms with Crippen molar-refractivity contribution in [1.29, 1.82) is 0 Å². The summed E-state index contributed by atoms with van der Waals surface area (Å²) in [4.78, 5) is 0. The van der Waals surface area contributed by atoms with Gasteiger partial charge in [0.2, 0.25) is 0 Å². The molecule has 0 aliphatic carbocycles. The summed E-state index contributed by atoms with van der Waals surface area (Å²) in [7, 11) is 1.82. The Labute approximate surface area is 72.9 Å². The van der Waals surface area contributed by atoms with Crippen LogP contribution in [0, 0.1) is 5.92 Å². The van der Waals surface area contributed by atoms with E-state index in [1.807, 2.05) is 0 Å². The molecule has 0 aromatic heterocycles. The number of aliphatic hydroxyl groups is 2. The van der Waals surface area contributed by atoms with Crippen LogP contribution in [-0.2, 0) is 9.84 Å². The molecule has 1 saturated heterocycles. The Balaban J connectivity index is 3.05. The van der Waals surface area contributed by atoms with Gasteiger partial charge in [0.25, 0.3) is 0 Å². The lowest BCUT2D eigenvalue weighted by atomic mass is 9.87. The Morgan fingerprint density at radius 3 is 2.17 bits per heavy atom. The normalized spacial score (nSPS) is 46.2. The monoisotopic (exact) mass is 190 g/mol. The Morgan fingerprint density at radius 2 is 2.00 bits per heavy atom. The molecule has 4 nitrogen and oxygen atoms in total. The van der Waals surface area contributed by atoms with Gasteiger partial charge < -0.3 is 10.2 Å². The molecule has 1 fully saturated rings. The second-order valence-corrected chi connectivity index (χ2v) is 5.45. The van der Waals surface area contributed by atoms with Crippen LogP contribution < -0.4 is 0 Å². The van der Waals surface area contributed by atoms with Crippen LogP contribution in [0.25, 0.3) is 0 Å². The van der Waals surface area contributed by atoms with E-state index in [9.17, 15) is 13.5 Å². The fourth-order valence-electron chi connectivity index (χ4n) is 1.44. The first-order chi connectivity index (χ1) is 5.42. The molecule has 1 aliphatic heterocycles. The van der Waals surface area contributed by atoms with E-state index >= 15 is 0 Å². The maximum atomic E-state index is 11.3. The lowest BCUT2D eigenvalue weighted by Gasteiger charge is -2.11. The summed E-state index contributed by atoms with van der Waals surface area (Å²) >= 11 is 0. The van der Waals surface area contributed by atoms with Crippen LogP contribution >= 0.6 is 0 Å². The van der Waals surface area contributed by atoms with Crippen LogP contribution in [0.2, 0.25) is 0 Å². The zero-order chi connectivity index (χ0) is 9.52. The zero-order valence-corrected chi connectivity index (χ0v) is 7.53. The number of hydrogen-bond acceptors (Lipinski definition) is 4. The SMILES string of the molecule is [B][C@H]1[C@@H](C)C(O)[C@@H](CO)S1(=O)=O. The smallest absolute Gasteiger partial charge is 0.152 e. The second kappa shape index (κ2) is 3.01. The highest BCUT2D eigenvalue weighted by atomic mass is 32.2. The van der Waals surface area contributed by atoms with Gasteiger partial charge in [-0.05, 0) is 5.92 Å². The van der Waals surface area contributed by atoms with Crippen molar-refractivity contribution in [1.82, 2.24) is 0 Å². The fourth-order valence-corrected chi connectivity index (χ4v) is 3.45. The minimum Gasteiger partial charge on any atom is -0.395 e. The van der Waals surface area contributed by atoms with E-state index in [0.29, 0.717) is 0 Å². The van der Waals surface area contributed by atoms with Crippen LogP contribution in [0.15, 0.2) is 0 Å². The molecule has 1 unspecified atom stereocenters. The highest BCUT2D eigenvalue weighted by Gasteiger charge is 2.48. The maximum absolute atomic E-state index is 11.3. The quantitative estimate of drug-likeness (QED) is 0.481. The average molecular weight is 190 g/mol. The van der Waals surface area contributed by atoms with Gasteiger partial charge in [0.05, 0.1) is 20.6 Å². The first kappa shape index (κ1) is 10.0. The predicted octanol–water partition coefficient (Wildman–Crippen LogP) is -1.73. The molecule has 0 aromatic rings. The molecule has 2 radical (unpaired) electrons. The van der Waals surface area contributed by atoms with Crippen LogP contribution in [0.4, 0.5) is 0 Å². The van der Waals surface area contributed by atoms with Gasteiger partial charge in [-0.2, -0.15) is 0 Å². The molecule has 0 spiro atoms. The third kappa shape index (κ3) is 1.18. The van der Waals surface area contributed by atoms with Crippen molar-refractivity contribution in [3.8, 4) is 0 Å². The summed E-state index contributed by atoms with van der Waals surface area (Å²) in [5, 5.41) is 15.9. The lowest BCUT2D eigenvalue weighted by molar-refractivity contribution is 0.108. The van der Waals surface area contributed by atoms with Gasteiger partial charge in [-0.25, -0.2) is 8.42 Å². The average Bonchev–Trinajstić information content (AvgIpc) is 2.13. The van der Waals surface area contributed by atoms with Gasteiger partial charge in [-0.1, -0.05) is 6.92 Å². The van der Waals surface area contributed by atoms with E-state index < -0.39 is 38.9 Å². The summed E-state index contributed by atoms with van der Waals surface area (Å²) in [5.41, 5.74) is 0. The summed E-state index contributed by atoms with van der Waals surface area (Å²) in [6.45, 7) is 0.990. The van der Waals surface area contributed by atoms with E-state index in [4.69, 9.17) is 13.0 Å². The summed E-state index contributed by atoms with van der Waals surface area (Å²) in [6, 6.07) is 0. The van der Waals surface area contributed by atoms with Crippen molar-refractivity contribution in [2.24, 2.45) is 5.92 Å². The minimum atomic E-state index is -3.54. The van der Waals surface area contributed by atoms with E-state index in [0.717, 1.165) is 0 Å². The third-order valence-corrected chi connectivity index (χ3v) is 4.88. The molecule has 1 rings (SSSR count). The zero-order valence-electron chi connectivity index (χ0n) is 6.71. The standard InChI is InChI=1S/C6H11BO4S/c1-3-5(9)4(2-8)12(10,11)6(3)7/h3-6,8-9H,2H2,1H3/t3-,4+,5?,6+/m0/s1. The fraction of sp³-hybridized carbons (Fsp3) is 1.00. The van der Waals surface area contributed by atoms with Gasteiger partial charge >= 0.3 is 0 Å². The van der Waals surface area contributed by atoms with E-state index in [1.54, 1.807) is 6.92 Å². The highest BCUT2D eigenvalue weighted by molar-refractivity contribution is 7.94. The van der Waals surface area contributed by atoms with Crippen molar-refractivity contribution in [2.75, 3.05) is 6.61 Å². The van der Waals surface area contributed by atoms with Gasteiger partial charge in [0, 0.05) is 5.15 Å². The van der Waals surface area contributed by atoms with Crippen molar-refractivity contribution >= 4 is 17.7 Å². The molecule has 0 aromatic carbocycles. The molecule has 68 valence electrons. The Hall–Kier alpha value is -0.0651. The van der Waals surface area contributed by atoms with Crippen molar-refractivity contribution < 1.29 is 18.6 Å². The summed E-state index contributed by atoms with van der Waals surface area (Å²) in [5.74, 6) is -0.507. The molecule has 0 amide bonds. The molecule has 12 heavy (non-hydrogen) atoms. The highest BCUT2D eigenvalue weighted by Crippen LogP contribution is 2.30. The Bertz CT molecular complexity index is 263. The van der Waals surface area contributed by atoms with E-state index in [1.165, 1.54) is 0 Å². The molecular formula is C6H11BO4S. The Kier molecular flexibility index (Phi) is 2.51. The molecule has 0 bridgehead atoms. The molecule has 6 heteroatoms. The number of sulfone groups is 1. The number of aliphatic hydroxyl groups excluding tert-OH is 2. The lowest BCUT2D eigenvalue weighted by Crippen LogP contribution is -2.31. The van der Waals surface area contributed by atoms with Crippen LogP contribution in [0.5, 0.6) is 0 Å². The maximum Gasteiger partial charge on any atom is 0.152 e. The first-order valence-electron chi connectivity index (χ1n) is 3.70. The second-order valence-electron chi connectivity index (χ2n) is 3.12. The molecule has 0 saturated carbocycles. The van der Waals surface area contributed by atoms with Crippen molar-refractivity contribution in [3.63, 3.8) is 0 Å². The molecule has 2 N–H and O–H groups in total. The summed E-state index contributed by atoms with van der Waals surface area (Å²) in [6.07, 6.45) is -1.05. The van der Waals surface area contributed by atoms with Crippen molar-refractivity contribution in [2.45, 2.75) is 23.4 Å². The van der Waals surface area contributed by atoms with Gasteiger partial charge in [-0.3, -0.25) is 0 Å². The molecule has 4 atom stereocenters. The van der Waals surface area contributed by atoms with Gasteiger partial charge in [-0.15, -0.1) is 0 Å². The number of hydrogen-bond donors (Lipinski definition) is 2. The van der Waals surface area contributed by atoms with Crippen molar-refractivity contribution in [3.05, 3.63) is 0 Å².